The predicted octanol–water partition coefficient (Wildman–Crippen LogP) is 1.62. The van der Waals surface area contributed by atoms with E-state index in [1.54, 1.807) is 12.1 Å². The molecule has 0 bridgehead atoms. The number of ether oxygens (including phenoxy) is 1. The van der Waals surface area contributed by atoms with Crippen LogP contribution in [-0.2, 0) is 4.74 Å². The van der Waals surface area contributed by atoms with Crippen LogP contribution < -0.4 is 10.6 Å². The molecule has 0 aliphatic carbocycles. The molecule has 1 heterocycles. The molecule has 16 heavy (non-hydrogen) atoms. The first-order chi connectivity index (χ1) is 7.84. The molecule has 1 unspecified atom stereocenters. The fraction of sp³-hybridized carbons (Fsp3) is 0.500. The van der Waals surface area contributed by atoms with E-state index in [0.717, 1.165) is 38.3 Å². The molecule has 0 amide bonds. The van der Waals surface area contributed by atoms with Crippen molar-refractivity contribution in [3.63, 3.8) is 0 Å². The Hall–Kier alpha value is -1.13. The summed E-state index contributed by atoms with van der Waals surface area (Å²) in [5.41, 5.74) is 0.949. The molecular weight excluding hydrogens is 207 g/mol. The van der Waals surface area contributed by atoms with E-state index in [9.17, 15) is 4.39 Å². The van der Waals surface area contributed by atoms with Gasteiger partial charge in [0.1, 0.15) is 5.82 Å². The Morgan fingerprint density at radius 3 is 2.88 bits per heavy atom. The fourth-order valence-corrected chi connectivity index (χ4v) is 1.75. The van der Waals surface area contributed by atoms with Crippen molar-refractivity contribution in [2.75, 3.05) is 31.6 Å². The summed E-state index contributed by atoms with van der Waals surface area (Å²) in [5.74, 6) is -0.203. The number of hydrogen-bond acceptors (Lipinski definition) is 3. The van der Waals surface area contributed by atoms with Crippen molar-refractivity contribution in [3.05, 3.63) is 30.1 Å². The molecule has 1 aliphatic rings. The first kappa shape index (κ1) is 11.4. The van der Waals surface area contributed by atoms with Gasteiger partial charge >= 0.3 is 0 Å². The molecular formula is C12H17FN2O. The lowest BCUT2D eigenvalue weighted by molar-refractivity contribution is 0.0258. The third kappa shape index (κ3) is 3.47. The topological polar surface area (TPSA) is 33.3 Å². The van der Waals surface area contributed by atoms with Gasteiger partial charge in [-0.3, -0.25) is 0 Å². The Morgan fingerprint density at radius 2 is 2.19 bits per heavy atom. The van der Waals surface area contributed by atoms with E-state index in [-0.39, 0.29) is 5.82 Å². The maximum Gasteiger partial charge on any atom is 0.123 e. The van der Waals surface area contributed by atoms with Crippen molar-refractivity contribution < 1.29 is 9.13 Å². The molecule has 2 rings (SSSR count). The number of morpholine rings is 1. The van der Waals surface area contributed by atoms with Crippen LogP contribution in [-0.4, -0.2) is 32.3 Å². The van der Waals surface area contributed by atoms with Gasteiger partial charge in [0.25, 0.3) is 0 Å². The van der Waals surface area contributed by atoms with Crippen molar-refractivity contribution in [3.8, 4) is 0 Å². The van der Waals surface area contributed by atoms with Crippen LogP contribution in [0.1, 0.15) is 6.42 Å². The molecule has 1 aromatic carbocycles. The number of anilines is 1. The van der Waals surface area contributed by atoms with E-state index in [0.29, 0.717) is 6.10 Å². The Bertz CT molecular complexity index is 309. The molecule has 3 nitrogen and oxygen atoms in total. The highest BCUT2D eigenvalue weighted by Gasteiger charge is 2.12. The van der Waals surface area contributed by atoms with Gasteiger partial charge in [-0.2, -0.15) is 0 Å². The zero-order valence-corrected chi connectivity index (χ0v) is 9.21. The summed E-state index contributed by atoms with van der Waals surface area (Å²) in [6.07, 6.45) is 1.26. The lowest BCUT2D eigenvalue weighted by Crippen LogP contribution is -2.39. The summed E-state index contributed by atoms with van der Waals surface area (Å²) in [7, 11) is 0. The van der Waals surface area contributed by atoms with Gasteiger partial charge in [-0.15, -0.1) is 0 Å². The molecule has 2 N–H and O–H groups in total. The van der Waals surface area contributed by atoms with Crippen molar-refractivity contribution in [2.45, 2.75) is 12.5 Å². The Kier molecular flexibility index (Phi) is 4.13. The second-order valence-corrected chi connectivity index (χ2v) is 3.92. The molecule has 0 saturated carbocycles. The quantitative estimate of drug-likeness (QED) is 0.815. The third-order valence-corrected chi connectivity index (χ3v) is 2.64. The lowest BCUT2D eigenvalue weighted by atomic mass is 10.2. The number of rotatable bonds is 4. The van der Waals surface area contributed by atoms with E-state index in [4.69, 9.17) is 4.74 Å². The number of halogens is 1. The van der Waals surface area contributed by atoms with Crippen molar-refractivity contribution in [1.29, 1.82) is 0 Å². The van der Waals surface area contributed by atoms with Gasteiger partial charge in [-0.1, -0.05) is 0 Å². The van der Waals surface area contributed by atoms with Crippen LogP contribution in [0.15, 0.2) is 24.3 Å². The summed E-state index contributed by atoms with van der Waals surface area (Å²) in [6, 6.07) is 6.41. The minimum absolute atomic E-state index is 0.203. The molecule has 0 radical (unpaired) electrons. The minimum Gasteiger partial charge on any atom is -0.385 e. The highest BCUT2D eigenvalue weighted by atomic mass is 19.1. The first-order valence-electron chi connectivity index (χ1n) is 5.66. The number of nitrogens with one attached hydrogen (secondary N) is 2. The van der Waals surface area contributed by atoms with E-state index >= 15 is 0 Å². The summed E-state index contributed by atoms with van der Waals surface area (Å²) < 4.78 is 18.2. The monoisotopic (exact) mass is 224 g/mol. The molecule has 1 atom stereocenters. The average molecular weight is 224 g/mol. The van der Waals surface area contributed by atoms with Gasteiger partial charge in [0.15, 0.2) is 0 Å². The van der Waals surface area contributed by atoms with Crippen LogP contribution >= 0.6 is 0 Å². The van der Waals surface area contributed by atoms with Crippen LogP contribution in [0, 0.1) is 5.82 Å². The molecule has 1 aromatic rings. The summed E-state index contributed by atoms with van der Waals surface area (Å²) >= 11 is 0. The van der Waals surface area contributed by atoms with Crippen LogP contribution in [0.5, 0.6) is 0 Å². The fourth-order valence-electron chi connectivity index (χ4n) is 1.75. The predicted molar refractivity (Wildman–Crippen MR) is 62.1 cm³/mol. The maximum absolute atomic E-state index is 12.6. The zero-order chi connectivity index (χ0) is 11.2. The Labute approximate surface area is 95.0 Å². The summed E-state index contributed by atoms with van der Waals surface area (Å²) in [6.45, 7) is 3.51. The van der Waals surface area contributed by atoms with E-state index < -0.39 is 0 Å². The highest BCUT2D eigenvalue weighted by Crippen LogP contribution is 2.09. The third-order valence-electron chi connectivity index (χ3n) is 2.64. The molecule has 1 aliphatic heterocycles. The van der Waals surface area contributed by atoms with Crippen LogP contribution in [0.2, 0.25) is 0 Å². The van der Waals surface area contributed by atoms with Crippen LogP contribution in [0.3, 0.4) is 0 Å². The summed E-state index contributed by atoms with van der Waals surface area (Å²) in [4.78, 5) is 0. The van der Waals surface area contributed by atoms with Gasteiger partial charge in [0, 0.05) is 25.3 Å². The van der Waals surface area contributed by atoms with Gasteiger partial charge in [0.05, 0.1) is 12.7 Å². The molecule has 88 valence electrons. The highest BCUT2D eigenvalue weighted by molar-refractivity contribution is 5.42. The van der Waals surface area contributed by atoms with Crippen molar-refractivity contribution >= 4 is 5.69 Å². The van der Waals surface area contributed by atoms with Gasteiger partial charge < -0.3 is 15.4 Å². The summed E-state index contributed by atoms with van der Waals surface area (Å²) in [5, 5.41) is 6.53. The maximum atomic E-state index is 12.6. The molecule has 4 heteroatoms. The normalized spacial score (nSPS) is 20.7. The SMILES string of the molecule is Fc1ccc(NCCC2CNCCO2)cc1. The van der Waals surface area contributed by atoms with E-state index in [2.05, 4.69) is 10.6 Å². The largest absolute Gasteiger partial charge is 0.385 e. The first-order valence-corrected chi connectivity index (χ1v) is 5.66. The smallest absolute Gasteiger partial charge is 0.123 e. The van der Waals surface area contributed by atoms with Crippen molar-refractivity contribution in [2.24, 2.45) is 0 Å². The lowest BCUT2D eigenvalue weighted by Gasteiger charge is -2.23. The molecule has 1 saturated heterocycles. The zero-order valence-electron chi connectivity index (χ0n) is 9.21. The van der Waals surface area contributed by atoms with E-state index in [1.165, 1.54) is 12.1 Å². The van der Waals surface area contributed by atoms with Gasteiger partial charge in [0.2, 0.25) is 0 Å². The second-order valence-electron chi connectivity index (χ2n) is 3.92. The van der Waals surface area contributed by atoms with Crippen molar-refractivity contribution in [1.82, 2.24) is 5.32 Å². The average Bonchev–Trinajstić information content (AvgIpc) is 2.33. The minimum atomic E-state index is -0.203. The van der Waals surface area contributed by atoms with Crippen LogP contribution in [0.4, 0.5) is 10.1 Å². The van der Waals surface area contributed by atoms with E-state index in [1.807, 2.05) is 0 Å². The Morgan fingerprint density at radius 1 is 1.38 bits per heavy atom. The number of benzene rings is 1. The Balaban J connectivity index is 1.69. The van der Waals surface area contributed by atoms with Gasteiger partial charge in [-0.05, 0) is 30.7 Å². The molecule has 1 fully saturated rings. The van der Waals surface area contributed by atoms with Crippen LogP contribution in [0.25, 0.3) is 0 Å². The number of hydrogen-bond donors (Lipinski definition) is 2. The molecule has 0 aromatic heterocycles. The molecule has 0 spiro atoms. The van der Waals surface area contributed by atoms with Gasteiger partial charge in [-0.25, -0.2) is 4.39 Å². The second kappa shape index (κ2) is 5.82. The standard InChI is InChI=1S/C12H17FN2O/c13-10-1-3-11(4-2-10)15-6-5-12-9-14-7-8-16-12/h1-4,12,14-15H,5-9H2.